The zero-order valence-electron chi connectivity index (χ0n) is 10.0. The summed E-state index contributed by atoms with van der Waals surface area (Å²) in [5.74, 6) is 0.908. The first-order valence-electron chi connectivity index (χ1n) is 5.70. The zero-order chi connectivity index (χ0) is 12.7. The summed E-state index contributed by atoms with van der Waals surface area (Å²) in [6, 6.07) is 5.66. The van der Waals surface area contributed by atoms with Gasteiger partial charge in [-0.05, 0) is 30.7 Å². The van der Waals surface area contributed by atoms with Gasteiger partial charge in [-0.2, -0.15) is 0 Å². The lowest BCUT2D eigenvalue weighted by Crippen LogP contribution is -2.36. The summed E-state index contributed by atoms with van der Waals surface area (Å²) in [7, 11) is 0. The Balaban J connectivity index is 2.18. The van der Waals surface area contributed by atoms with E-state index in [1.54, 1.807) is 0 Å². The first-order chi connectivity index (χ1) is 8.69. The molecule has 18 heavy (non-hydrogen) atoms. The molecule has 3 nitrogen and oxygen atoms in total. The number of aliphatic imine (C=N–C) groups is 2. The fraction of sp³-hybridized carbons (Fsp3) is 0.143. The Hall–Kier alpha value is -1.87. The van der Waals surface area contributed by atoms with Crippen molar-refractivity contribution < 1.29 is 0 Å². The topological polar surface area (TPSA) is 28.0 Å². The number of hydrogen-bond donors (Lipinski definition) is 0. The number of allylic oxidation sites excluding steroid dienone is 1. The van der Waals surface area contributed by atoms with Crippen molar-refractivity contribution in [2.24, 2.45) is 9.98 Å². The Morgan fingerprint density at radius 3 is 3.06 bits per heavy atom. The summed E-state index contributed by atoms with van der Waals surface area (Å²) < 4.78 is 0. The van der Waals surface area contributed by atoms with Crippen LogP contribution in [0.1, 0.15) is 12.5 Å². The molecule has 0 fully saturated rings. The zero-order valence-corrected chi connectivity index (χ0v) is 10.8. The fourth-order valence-electron chi connectivity index (χ4n) is 2.12. The van der Waals surface area contributed by atoms with Gasteiger partial charge in [0, 0.05) is 16.3 Å². The summed E-state index contributed by atoms with van der Waals surface area (Å²) in [6.07, 6.45) is 3.65. The molecule has 0 amide bonds. The maximum atomic E-state index is 6.05. The molecule has 4 heteroatoms. The third-order valence-electron chi connectivity index (χ3n) is 3.13. The third kappa shape index (κ3) is 1.68. The number of halogens is 1. The molecular weight excluding hydrogens is 246 g/mol. The Labute approximate surface area is 111 Å². The standard InChI is InChI=1S/C14H12ClN3/c1-3-10-7-18-8-16-13-5-4-11(15)6-12(13)14(18)17-9(10)2/h3-6,8H,1,7H2,2H3. The Morgan fingerprint density at radius 2 is 2.28 bits per heavy atom. The van der Waals surface area contributed by atoms with Crippen LogP contribution < -0.4 is 0 Å². The van der Waals surface area contributed by atoms with Crippen molar-refractivity contribution in [3.63, 3.8) is 0 Å². The monoisotopic (exact) mass is 257 g/mol. The number of nitrogens with zero attached hydrogens (tertiary/aromatic N) is 3. The highest BCUT2D eigenvalue weighted by atomic mass is 35.5. The number of amidine groups is 1. The van der Waals surface area contributed by atoms with E-state index < -0.39 is 0 Å². The van der Waals surface area contributed by atoms with E-state index >= 15 is 0 Å². The fourth-order valence-corrected chi connectivity index (χ4v) is 2.29. The molecule has 1 aromatic carbocycles. The van der Waals surface area contributed by atoms with Crippen molar-refractivity contribution in [3.8, 4) is 0 Å². The van der Waals surface area contributed by atoms with Crippen molar-refractivity contribution in [1.82, 2.24) is 4.90 Å². The molecular formula is C14H12ClN3. The van der Waals surface area contributed by atoms with Gasteiger partial charge in [0.2, 0.25) is 0 Å². The Morgan fingerprint density at radius 1 is 1.44 bits per heavy atom. The maximum Gasteiger partial charge on any atom is 0.143 e. The second kappa shape index (κ2) is 4.10. The summed E-state index contributed by atoms with van der Waals surface area (Å²) in [5.41, 5.74) is 4.00. The molecule has 0 spiro atoms. The average molecular weight is 258 g/mol. The molecule has 0 aromatic heterocycles. The van der Waals surface area contributed by atoms with Gasteiger partial charge in [0.05, 0.1) is 18.6 Å². The lowest BCUT2D eigenvalue weighted by Gasteiger charge is -2.30. The highest BCUT2D eigenvalue weighted by Crippen LogP contribution is 2.30. The molecule has 3 rings (SSSR count). The van der Waals surface area contributed by atoms with Crippen molar-refractivity contribution >= 4 is 29.5 Å². The Bertz CT molecular complexity index is 626. The van der Waals surface area contributed by atoms with E-state index in [1.807, 2.05) is 42.4 Å². The molecule has 0 bridgehead atoms. The lowest BCUT2D eigenvalue weighted by molar-refractivity contribution is 0.661. The molecule has 0 N–H and O–H groups in total. The van der Waals surface area contributed by atoms with Gasteiger partial charge >= 0.3 is 0 Å². The van der Waals surface area contributed by atoms with Gasteiger partial charge in [0.1, 0.15) is 5.84 Å². The van der Waals surface area contributed by atoms with Crippen LogP contribution in [0.4, 0.5) is 5.69 Å². The number of benzene rings is 1. The summed E-state index contributed by atoms with van der Waals surface area (Å²) in [4.78, 5) is 11.1. The van der Waals surface area contributed by atoms with Gasteiger partial charge in [-0.3, -0.25) is 0 Å². The van der Waals surface area contributed by atoms with Crippen molar-refractivity contribution in [1.29, 1.82) is 0 Å². The van der Waals surface area contributed by atoms with Gasteiger partial charge in [0.15, 0.2) is 0 Å². The van der Waals surface area contributed by atoms with E-state index in [2.05, 4.69) is 16.6 Å². The van der Waals surface area contributed by atoms with Crippen LogP contribution in [-0.4, -0.2) is 23.6 Å². The highest BCUT2D eigenvalue weighted by molar-refractivity contribution is 6.31. The quantitative estimate of drug-likeness (QED) is 0.756. The van der Waals surface area contributed by atoms with E-state index in [4.69, 9.17) is 11.6 Å². The van der Waals surface area contributed by atoms with E-state index in [0.29, 0.717) is 5.02 Å². The van der Waals surface area contributed by atoms with E-state index in [1.165, 1.54) is 0 Å². The lowest BCUT2D eigenvalue weighted by atomic mass is 10.1. The SMILES string of the molecule is C=CC1=C(C)N=C2c3cc(Cl)ccc3N=CN2C1. The second-order valence-electron chi connectivity index (χ2n) is 4.28. The molecule has 0 radical (unpaired) electrons. The summed E-state index contributed by atoms with van der Waals surface area (Å²) in [6.45, 7) is 6.56. The number of fused-ring (bicyclic) bond motifs is 3. The predicted molar refractivity (Wildman–Crippen MR) is 75.7 cm³/mol. The normalized spacial score (nSPS) is 17.2. The largest absolute Gasteiger partial charge is 0.312 e. The smallest absolute Gasteiger partial charge is 0.143 e. The molecule has 0 saturated heterocycles. The van der Waals surface area contributed by atoms with Crippen LogP contribution in [-0.2, 0) is 0 Å². The van der Waals surface area contributed by atoms with Crippen LogP contribution in [0.3, 0.4) is 0 Å². The second-order valence-corrected chi connectivity index (χ2v) is 4.72. The molecule has 2 aliphatic rings. The van der Waals surface area contributed by atoms with Gasteiger partial charge in [0.25, 0.3) is 0 Å². The molecule has 0 aliphatic carbocycles. The number of hydrogen-bond acceptors (Lipinski definition) is 3. The first-order valence-corrected chi connectivity index (χ1v) is 6.08. The van der Waals surface area contributed by atoms with Crippen LogP contribution in [0.15, 0.2) is 52.1 Å². The first kappa shape index (κ1) is 11.2. The van der Waals surface area contributed by atoms with E-state index in [9.17, 15) is 0 Å². The molecule has 0 atom stereocenters. The molecule has 2 heterocycles. The minimum atomic E-state index is 0.699. The molecule has 0 unspecified atom stereocenters. The molecule has 1 aromatic rings. The van der Waals surface area contributed by atoms with Gasteiger partial charge in [-0.1, -0.05) is 24.3 Å². The predicted octanol–water partition coefficient (Wildman–Crippen LogP) is 3.54. The van der Waals surface area contributed by atoms with Crippen LogP contribution >= 0.6 is 11.6 Å². The third-order valence-corrected chi connectivity index (χ3v) is 3.37. The van der Waals surface area contributed by atoms with Gasteiger partial charge in [-0.15, -0.1) is 0 Å². The molecule has 90 valence electrons. The summed E-state index contributed by atoms with van der Waals surface area (Å²) >= 11 is 6.05. The van der Waals surface area contributed by atoms with Crippen LogP contribution in [0, 0.1) is 0 Å². The van der Waals surface area contributed by atoms with Crippen molar-refractivity contribution in [2.45, 2.75) is 6.92 Å². The van der Waals surface area contributed by atoms with Gasteiger partial charge in [-0.25, -0.2) is 9.98 Å². The van der Waals surface area contributed by atoms with Crippen LogP contribution in [0.25, 0.3) is 0 Å². The Kier molecular flexibility index (Phi) is 2.56. The summed E-state index contributed by atoms with van der Waals surface area (Å²) in [5, 5.41) is 0.699. The molecule has 0 saturated carbocycles. The van der Waals surface area contributed by atoms with E-state index in [0.717, 1.165) is 34.9 Å². The van der Waals surface area contributed by atoms with E-state index in [-0.39, 0.29) is 0 Å². The minimum Gasteiger partial charge on any atom is -0.312 e. The van der Waals surface area contributed by atoms with Crippen molar-refractivity contribution in [3.05, 3.63) is 52.7 Å². The average Bonchev–Trinajstić information content (AvgIpc) is 2.38. The van der Waals surface area contributed by atoms with Crippen molar-refractivity contribution in [2.75, 3.05) is 6.54 Å². The maximum absolute atomic E-state index is 6.05. The van der Waals surface area contributed by atoms with Crippen LogP contribution in [0.5, 0.6) is 0 Å². The van der Waals surface area contributed by atoms with Gasteiger partial charge < -0.3 is 4.90 Å². The highest BCUT2D eigenvalue weighted by Gasteiger charge is 2.24. The minimum absolute atomic E-state index is 0.699. The molecule has 2 aliphatic heterocycles. The van der Waals surface area contributed by atoms with Crippen LogP contribution in [0.2, 0.25) is 5.02 Å². The number of rotatable bonds is 1.